The molecule has 2 aromatic carbocycles. The van der Waals surface area contributed by atoms with Crippen molar-refractivity contribution in [3.05, 3.63) is 70.8 Å². The number of carbonyl (C=O) groups excluding carboxylic acids is 1. The lowest BCUT2D eigenvalue weighted by Crippen LogP contribution is -2.40. The van der Waals surface area contributed by atoms with Crippen molar-refractivity contribution in [3.8, 4) is 11.4 Å². The van der Waals surface area contributed by atoms with E-state index in [-0.39, 0.29) is 24.2 Å². The van der Waals surface area contributed by atoms with Gasteiger partial charge in [0.1, 0.15) is 5.82 Å². The molecule has 7 heteroatoms. The largest absolute Gasteiger partial charge is 0.339 e. The van der Waals surface area contributed by atoms with Crippen LogP contribution in [0, 0.1) is 5.82 Å². The molecule has 152 valence electrons. The van der Waals surface area contributed by atoms with Crippen LogP contribution >= 0.6 is 11.6 Å². The summed E-state index contributed by atoms with van der Waals surface area (Å²) in [7, 11) is 0. The fourth-order valence-corrected chi connectivity index (χ4v) is 3.10. The maximum atomic E-state index is 13.1. The summed E-state index contributed by atoms with van der Waals surface area (Å²) in [5.74, 6) is 0.637. The Morgan fingerprint density at radius 1 is 1.17 bits per heavy atom. The average molecular weight is 416 g/mol. The van der Waals surface area contributed by atoms with E-state index in [0.29, 0.717) is 29.7 Å². The molecule has 0 saturated carbocycles. The summed E-state index contributed by atoms with van der Waals surface area (Å²) >= 11 is 5.91. The zero-order valence-electron chi connectivity index (χ0n) is 16.4. The summed E-state index contributed by atoms with van der Waals surface area (Å²) in [6, 6.07) is 13.3. The van der Waals surface area contributed by atoms with Crippen molar-refractivity contribution in [2.75, 3.05) is 6.54 Å². The topological polar surface area (TPSA) is 59.2 Å². The molecular formula is C22H23ClFN3O2. The highest BCUT2D eigenvalue weighted by atomic mass is 35.5. The second kappa shape index (κ2) is 9.65. The number of hydrogen-bond acceptors (Lipinski definition) is 4. The first-order chi connectivity index (χ1) is 14.0. The second-order valence-corrected chi connectivity index (χ2v) is 7.35. The van der Waals surface area contributed by atoms with Crippen LogP contribution in [-0.2, 0) is 17.6 Å². The number of halogens is 2. The summed E-state index contributed by atoms with van der Waals surface area (Å²) in [5, 5.41) is 4.65. The minimum atomic E-state index is -0.312. The minimum absolute atomic E-state index is 0.0107. The standard InChI is InChI=1S/C22H23ClFN3O2/c1-3-15(2)27(21(28)14-16-4-10-19(24)11-5-16)13-12-20-25-22(26-29-20)17-6-8-18(23)9-7-17/h4-11,15H,3,12-14H2,1-2H3. The maximum Gasteiger partial charge on any atom is 0.228 e. The quantitative estimate of drug-likeness (QED) is 0.522. The predicted octanol–water partition coefficient (Wildman–Crippen LogP) is 4.94. The van der Waals surface area contributed by atoms with E-state index in [9.17, 15) is 9.18 Å². The summed E-state index contributed by atoms with van der Waals surface area (Å²) in [6.45, 7) is 4.51. The highest BCUT2D eigenvalue weighted by molar-refractivity contribution is 6.30. The molecule has 3 aromatic rings. The van der Waals surface area contributed by atoms with Crippen molar-refractivity contribution in [2.24, 2.45) is 0 Å². The van der Waals surface area contributed by atoms with Gasteiger partial charge in [-0.3, -0.25) is 4.79 Å². The molecule has 0 aliphatic carbocycles. The Kier molecular flexibility index (Phi) is 6.99. The van der Waals surface area contributed by atoms with E-state index in [1.807, 2.05) is 30.9 Å². The molecule has 0 aliphatic heterocycles. The van der Waals surface area contributed by atoms with Crippen molar-refractivity contribution in [2.45, 2.75) is 39.2 Å². The van der Waals surface area contributed by atoms with Gasteiger partial charge in [-0.05, 0) is 55.3 Å². The van der Waals surface area contributed by atoms with Crippen molar-refractivity contribution in [1.29, 1.82) is 0 Å². The van der Waals surface area contributed by atoms with Crippen molar-refractivity contribution in [1.82, 2.24) is 15.0 Å². The molecule has 0 spiro atoms. The molecule has 0 bridgehead atoms. The molecule has 1 aromatic heterocycles. The van der Waals surface area contributed by atoms with Gasteiger partial charge < -0.3 is 9.42 Å². The van der Waals surface area contributed by atoms with E-state index >= 15 is 0 Å². The zero-order chi connectivity index (χ0) is 20.8. The Morgan fingerprint density at radius 2 is 1.86 bits per heavy atom. The molecule has 1 atom stereocenters. The molecule has 0 saturated heterocycles. The molecule has 0 fully saturated rings. The third-order valence-electron chi connectivity index (χ3n) is 4.85. The van der Waals surface area contributed by atoms with Gasteiger partial charge in [0.15, 0.2) is 0 Å². The highest BCUT2D eigenvalue weighted by Crippen LogP contribution is 2.19. The normalized spacial score (nSPS) is 12.0. The van der Waals surface area contributed by atoms with Crippen LogP contribution < -0.4 is 0 Å². The molecule has 1 amide bonds. The molecule has 0 radical (unpaired) electrons. The van der Waals surface area contributed by atoms with Gasteiger partial charge in [0.05, 0.1) is 6.42 Å². The molecule has 0 aliphatic rings. The molecule has 1 unspecified atom stereocenters. The van der Waals surface area contributed by atoms with E-state index < -0.39 is 0 Å². The van der Waals surface area contributed by atoms with Gasteiger partial charge in [0.25, 0.3) is 0 Å². The Morgan fingerprint density at radius 3 is 2.52 bits per heavy atom. The number of aromatic nitrogens is 2. The second-order valence-electron chi connectivity index (χ2n) is 6.92. The van der Waals surface area contributed by atoms with Gasteiger partial charge in [-0.2, -0.15) is 4.98 Å². The van der Waals surface area contributed by atoms with Crippen molar-refractivity contribution in [3.63, 3.8) is 0 Å². The third-order valence-corrected chi connectivity index (χ3v) is 5.10. The third kappa shape index (κ3) is 5.64. The van der Waals surface area contributed by atoms with Gasteiger partial charge in [-0.15, -0.1) is 0 Å². The van der Waals surface area contributed by atoms with E-state index in [1.54, 1.807) is 24.3 Å². The van der Waals surface area contributed by atoms with Gasteiger partial charge in [-0.25, -0.2) is 4.39 Å². The smallest absolute Gasteiger partial charge is 0.228 e. The molecule has 5 nitrogen and oxygen atoms in total. The highest BCUT2D eigenvalue weighted by Gasteiger charge is 2.20. The number of carbonyl (C=O) groups is 1. The molecule has 0 N–H and O–H groups in total. The number of benzene rings is 2. The van der Waals surface area contributed by atoms with Crippen molar-refractivity contribution < 1.29 is 13.7 Å². The van der Waals surface area contributed by atoms with Crippen LogP contribution in [-0.4, -0.2) is 33.5 Å². The van der Waals surface area contributed by atoms with Crippen LogP contribution in [0.5, 0.6) is 0 Å². The van der Waals surface area contributed by atoms with Crippen LogP contribution in [0.3, 0.4) is 0 Å². The van der Waals surface area contributed by atoms with Gasteiger partial charge >= 0.3 is 0 Å². The fourth-order valence-electron chi connectivity index (χ4n) is 2.98. The van der Waals surface area contributed by atoms with E-state index in [4.69, 9.17) is 16.1 Å². The lowest BCUT2D eigenvalue weighted by atomic mass is 10.1. The number of rotatable bonds is 8. The molecular weight excluding hydrogens is 393 g/mol. The Balaban J connectivity index is 1.65. The first kappa shape index (κ1) is 21.0. The molecule has 3 rings (SSSR count). The lowest BCUT2D eigenvalue weighted by Gasteiger charge is -2.28. The number of hydrogen-bond donors (Lipinski definition) is 0. The fraction of sp³-hybridized carbons (Fsp3) is 0.318. The van der Waals surface area contributed by atoms with Gasteiger partial charge in [-0.1, -0.05) is 35.8 Å². The van der Waals surface area contributed by atoms with Crippen LogP contribution in [0.1, 0.15) is 31.7 Å². The van der Waals surface area contributed by atoms with E-state index in [1.165, 1.54) is 12.1 Å². The van der Waals surface area contributed by atoms with Crippen LogP contribution in [0.4, 0.5) is 4.39 Å². The summed E-state index contributed by atoms with van der Waals surface area (Å²) in [6.07, 6.45) is 1.51. The van der Waals surface area contributed by atoms with Crippen LogP contribution in [0.25, 0.3) is 11.4 Å². The molecule has 29 heavy (non-hydrogen) atoms. The van der Waals surface area contributed by atoms with Crippen LogP contribution in [0.15, 0.2) is 53.1 Å². The predicted molar refractivity (Wildman–Crippen MR) is 110 cm³/mol. The summed E-state index contributed by atoms with van der Waals surface area (Å²) < 4.78 is 18.4. The summed E-state index contributed by atoms with van der Waals surface area (Å²) in [5.41, 5.74) is 1.60. The first-order valence-electron chi connectivity index (χ1n) is 9.58. The first-order valence-corrected chi connectivity index (χ1v) is 9.96. The lowest BCUT2D eigenvalue weighted by molar-refractivity contribution is -0.132. The zero-order valence-corrected chi connectivity index (χ0v) is 17.2. The van der Waals surface area contributed by atoms with Gasteiger partial charge in [0.2, 0.25) is 17.6 Å². The Labute approximate surface area is 174 Å². The number of amides is 1. The Hall–Kier alpha value is -2.73. The van der Waals surface area contributed by atoms with Crippen molar-refractivity contribution >= 4 is 17.5 Å². The van der Waals surface area contributed by atoms with E-state index in [2.05, 4.69) is 10.1 Å². The molecule has 1 heterocycles. The Bertz CT molecular complexity index is 941. The van der Waals surface area contributed by atoms with Crippen LogP contribution in [0.2, 0.25) is 5.02 Å². The monoisotopic (exact) mass is 415 g/mol. The number of nitrogens with zero attached hydrogens (tertiary/aromatic N) is 3. The van der Waals surface area contributed by atoms with E-state index in [0.717, 1.165) is 17.5 Å². The summed E-state index contributed by atoms with van der Waals surface area (Å²) in [4.78, 5) is 19.1. The average Bonchev–Trinajstić information content (AvgIpc) is 3.19. The minimum Gasteiger partial charge on any atom is -0.339 e. The SMILES string of the molecule is CCC(C)N(CCc1nc(-c2ccc(Cl)cc2)no1)C(=O)Cc1ccc(F)cc1. The maximum absolute atomic E-state index is 13.1. The van der Waals surface area contributed by atoms with Gasteiger partial charge in [0, 0.05) is 29.6 Å².